The fourth-order valence-electron chi connectivity index (χ4n) is 2.07. The first kappa shape index (κ1) is 14.8. The summed E-state index contributed by atoms with van der Waals surface area (Å²) in [7, 11) is 0. The molecule has 0 aliphatic rings. The van der Waals surface area contributed by atoms with Crippen molar-refractivity contribution >= 4 is 34.0 Å². The van der Waals surface area contributed by atoms with Gasteiger partial charge in [0.1, 0.15) is 5.69 Å². The number of nitrogens with zero attached hydrogens (tertiary/aromatic N) is 1. The molecule has 0 spiro atoms. The summed E-state index contributed by atoms with van der Waals surface area (Å²) in [5.41, 5.74) is 3.10. The lowest BCUT2D eigenvalue weighted by molar-refractivity contribution is -0.384. The molecule has 0 saturated carbocycles. The summed E-state index contributed by atoms with van der Waals surface area (Å²) in [5.74, 6) is 0. The highest BCUT2D eigenvalue weighted by Crippen LogP contribution is 2.27. The van der Waals surface area contributed by atoms with Gasteiger partial charge in [-0.25, -0.2) is 0 Å². The average molecular weight is 382 g/mol. The maximum Gasteiger partial charge on any atom is 0.293 e. The minimum atomic E-state index is -0.351. The van der Waals surface area contributed by atoms with E-state index in [1.165, 1.54) is 11.1 Å². The van der Waals surface area contributed by atoms with Gasteiger partial charge >= 0.3 is 0 Å². The van der Waals surface area contributed by atoms with Gasteiger partial charge in [-0.15, -0.1) is 0 Å². The topological polar surface area (TPSA) is 55.2 Å². The van der Waals surface area contributed by atoms with Crippen LogP contribution in [-0.4, -0.2) is 4.92 Å². The quantitative estimate of drug-likeness (QED) is 0.475. The van der Waals surface area contributed by atoms with Crippen molar-refractivity contribution in [2.75, 3.05) is 5.32 Å². The van der Waals surface area contributed by atoms with E-state index in [1.54, 1.807) is 12.1 Å². The Kier molecular flexibility index (Phi) is 4.94. The normalized spacial score (nSPS) is 10.3. The van der Waals surface area contributed by atoms with E-state index >= 15 is 0 Å². The number of halogens is 1. The molecule has 0 aromatic heterocycles. The molecular formula is C15H15IN2O2. The van der Waals surface area contributed by atoms with Crippen LogP contribution < -0.4 is 5.32 Å². The Bertz CT molecular complexity index is 629. The monoisotopic (exact) mass is 382 g/mol. The highest BCUT2D eigenvalue weighted by molar-refractivity contribution is 14.1. The summed E-state index contributed by atoms with van der Waals surface area (Å²) in [6, 6.07) is 13.3. The van der Waals surface area contributed by atoms with Crippen LogP contribution in [0.5, 0.6) is 0 Å². The molecule has 0 bridgehead atoms. The molecule has 0 radical (unpaired) electrons. The molecular weight excluding hydrogens is 367 g/mol. The third kappa shape index (κ3) is 3.47. The first-order valence-electron chi connectivity index (χ1n) is 6.36. The number of nitro benzene ring substituents is 1. The second-order valence-electron chi connectivity index (χ2n) is 4.39. The molecule has 104 valence electrons. The molecule has 20 heavy (non-hydrogen) atoms. The minimum Gasteiger partial charge on any atom is -0.375 e. The van der Waals surface area contributed by atoms with E-state index in [2.05, 4.69) is 40.9 Å². The summed E-state index contributed by atoms with van der Waals surface area (Å²) in [5, 5.41) is 14.2. The molecule has 0 amide bonds. The molecule has 5 heteroatoms. The number of rotatable bonds is 5. The first-order valence-corrected chi connectivity index (χ1v) is 7.44. The van der Waals surface area contributed by atoms with Gasteiger partial charge in [-0.3, -0.25) is 10.1 Å². The third-order valence-corrected chi connectivity index (χ3v) is 3.80. The number of hydrogen-bond acceptors (Lipinski definition) is 3. The molecule has 2 aromatic rings. The van der Waals surface area contributed by atoms with Crippen molar-refractivity contribution in [2.24, 2.45) is 0 Å². The molecule has 0 saturated heterocycles. The van der Waals surface area contributed by atoms with E-state index in [1.807, 2.05) is 24.3 Å². The Morgan fingerprint density at radius 3 is 2.55 bits per heavy atom. The zero-order valence-electron chi connectivity index (χ0n) is 11.1. The van der Waals surface area contributed by atoms with Crippen molar-refractivity contribution in [2.45, 2.75) is 19.9 Å². The van der Waals surface area contributed by atoms with Crippen molar-refractivity contribution in [1.29, 1.82) is 0 Å². The van der Waals surface area contributed by atoms with E-state index < -0.39 is 0 Å². The molecule has 4 nitrogen and oxygen atoms in total. The number of hydrogen-bond donors (Lipinski definition) is 1. The second-order valence-corrected chi connectivity index (χ2v) is 5.64. The van der Waals surface area contributed by atoms with Crippen LogP contribution in [0.2, 0.25) is 0 Å². The van der Waals surface area contributed by atoms with Crippen LogP contribution in [0.3, 0.4) is 0 Å². The van der Waals surface area contributed by atoms with Gasteiger partial charge in [0.05, 0.1) is 4.92 Å². The first-order chi connectivity index (χ1) is 9.61. The van der Waals surface area contributed by atoms with E-state index in [-0.39, 0.29) is 10.6 Å². The molecule has 0 aliphatic heterocycles. The van der Waals surface area contributed by atoms with Gasteiger partial charge in [0.25, 0.3) is 5.69 Å². The lowest BCUT2D eigenvalue weighted by Crippen LogP contribution is -2.05. The maximum atomic E-state index is 11.1. The number of nitrogens with one attached hydrogen (secondary N) is 1. The standard InChI is InChI=1S/C15H15IN2O2/c1-2-11-5-3-4-6-12(11)10-17-14-8-7-13(16)9-15(14)18(19)20/h3-9,17H,2,10H2,1H3. The van der Waals surface area contributed by atoms with E-state index in [9.17, 15) is 10.1 Å². The molecule has 2 aromatic carbocycles. The van der Waals surface area contributed by atoms with Gasteiger partial charge in [0, 0.05) is 16.2 Å². The fraction of sp³-hybridized carbons (Fsp3) is 0.200. The summed E-state index contributed by atoms with van der Waals surface area (Å²) in [6.07, 6.45) is 0.951. The Morgan fingerprint density at radius 2 is 1.90 bits per heavy atom. The van der Waals surface area contributed by atoms with Crippen LogP contribution in [-0.2, 0) is 13.0 Å². The van der Waals surface area contributed by atoms with Crippen molar-refractivity contribution in [3.8, 4) is 0 Å². The SMILES string of the molecule is CCc1ccccc1CNc1ccc(I)cc1[N+](=O)[O-]. The predicted molar refractivity (Wildman–Crippen MR) is 89.0 cm³/mol. The Morgan fingerprint density at radius 1 is 1.20 bits per heavy atom. The Hall–Kier alpha value is -1.63. The number of benzene rings is 2. The molecule has 0 heterocycles. The zero-order chi connectivity index (χ0) is 14.5. The van der Waals surface area contributed by atoms with Gasteiger partial charge in [-0.2, -0.15) is 0 Å². The average Bonchev–Trinajstić information content (AvgIpc) is 2.46. The van der Waals surface area contributed by atoms with E-state index in [0.717, 1.165) is 9.99 Å². The highest BCUT2D eigenvalue weighted by Gasteiger charge is 2.14. The largest absolute Gasteiger partial charge is 0.375 e. The van der Waals surface area contributed by atoms with Crippen LogP contribution in [0.15, 0.2) is 42.5 Å². The van der Waals surface area contributed by atoms with Crippen molar-refractivity contribution in [3.05, 3.63) is 67.3 Å². The summed E-state index contributed by atoms with van der Waals surface area (Å²) in [6.45, 7) is 2.69. The number of aryl methyl sites for hydroxylation is 1. The summed E-state index contributed by atoms with van der Waals surface area (Å²) < 4.78 is 0.855. The Labute approximate surface area is 131 Å². The van der Waals surface area contributed by atoms with Gasteiger partial charge in [0.2, 0.25) is 0 Å². The lowest BCUT2D eigenvalue weighted by atomic mass is 10.1. The number of nitro groups is 1. The number of anilines is 1. The van der Waals surface area contributed by atoms with Crippen LogP contribution >= 0.6 is 22.6 Å². The predicted octanol–water partition coefficient (Wildman–Crippen LogP) is 4.37. The van der Waals surface area contributed by atoms with E-state index in [4.69, 9.17) is 0 Å². The van der Waals surface area contributed by atoms with Crippen molar-refractivity contribution in [3.63, 3.8) is 0 Å². The molecule has 0 unspecified atom stereocenters. The van der Waals surface area contributed by atoms with Crippen molar-refractivity contribution in [1.82, 2.24) is 0 Å². The van der Waals surface area contributed by atoms with E-state index in [0.29, 0.717) is 12.2 Å². The lowest BCUT2D eigenvalue weighted by Gasteiger charge is -2.10. The fourth-order valence-corrected chi connectivity index (χ4v) is 2.55. The zero-order valence-corrected chi connectivity index (χ0v) is 13.3. The van der Waals surface area contributed by atoms with Crippen LogP contribution in [0, 0.1) is 13.7 Å². The Balaban J connectivity index is 2.21. The maximum absolute atomic E-state index is 11.1. The van der Waals surface area contributed by atoms with Gasteiger partial charge in [0.15, 0.2) is 0 Å². The van der Waals surface area contributed by atoms with Gasteiger partial charge < -0.3 is 5.32 Å². The van der Waals surface area contributed by atoms with Gasteiger partial charge in [-0.1, -0.05) is 31.2 Å². The molecule has 2 rings (SSSR count). The highest BCUT2D eigenvalue weighted by atomic mass is 127. The third-order valence-electron chi connectivity index (χ3n) is 3.13. The molecule has 0 aliphatic carbocycles. The molecule has 1 N–H and O–H groups in total. The second kappa shape index (κ2) is 6.69. The van der Waals surface area contributed by atoms with Crippen LogP contribution in [0.4, 0.5) is 11.4 Å². The molecule has 0 fully saturated rings. The summed E-state index contributed by atoms with van der Waals surface area (Å²) in [4.78, 5) is 10.7. The smallest absolute Gasteiger partial charge is 0.293 e. The van der Waals surface area contributed by atoms with Crippen LogP contribution in [0.1, 0.15) is 18.1 Å². The minimum absolute atomic E-state index is 0.117. The summed E-state index contributed by atoms with van der Waals surface area (Å²) >= 11 is 2.07. The van der Waals surface area contributed by atoms with Gasteiger partial charge in [-0.05, 0) is 52.3 Å². The van der Waals surface area contributed by atoms with Crippen molar-refractivity contribution < 1.29 is 4.92 Å². The molecule has 0 atom stereocenters. The van der Waals surface area contributed by atoms with Crippen LogP contribution in [0.25, 0.3) is 0 Å².